The van der Waals surface area contributed by atoms with Crippen molar-refractivity contribution in [2.45, 2.75) is 45.3 Å². The predicted octanol–water partition coefficient (Wildman–Crippen LogP) is 2.27. The molecule has 88 valence electrons. The lowest BCUT2D eigenvalue weighted by Crippen LogP contribution is -2.42. The fourth-order valence-corrected chi connectivity index (χ4v) is 2.40. The van der Waals surface area contributed by atoms with Crippen molar-refractivity contribution in [2.24, 2.45) is 11.8 Å². The van der Waals surface area contributed by atoms with Gasteiger partial charge >= 0.3 is 6.09 Å². The first kappa shape index (κ1) is 11.3. The second kappa shape index (κ2) is 3.69. The molecule has 0 radical (unpaired) electrons. The Hall–Kier alpha value is -1.17. The van der Waals surface area contributed by atoms with Gasteiger partial charge in [0.1, 0.15) is 5.60 Å². The van der Waals surface area contributed by atoms with Gasteiger partial charge in [-0.25, -0.2) is 4.79 Å². The lowest BCUT2D eigenvalue weighted by Gasteiger charge is -2.31. The van der Waals surface area contributed by atoms with Gasteiger partial charge in [0.25, 0.3) is 0 Å². The van der Waals surface area contributed by atoms with Crippen molar-refractivity contribution < 1.29 is 9.53 Å². The Morgan fingerprint density at radius 2 is 2.19 bits per heavy atom. The molecule has 0 aromatic rings. The zero-order valence-electron chi connectivity index (χ0n) is 10.2. The summed E-state index contributed by atoms with van der Waals surface area (Å²) in [6.45, 7) is 6.42. The van der Waals surface area contributed by atoms with E-state index in [1.165, 1.54) is 0 Å². The molecule has 1 saturated carbocycles. The number of fused-ring (bicyclic) bond motifs is 1. The van der Waals surface area contributed by atoms with E-state index in [0.717, 1.165) is 19.4 Å². The van der Waals surface area contributed by atoms with Gasteiger partial charge in [-0.15, -0.1) is 12.3 Å². The maximum atomic E-state index is 11.9. The summed E-state index contributed by atoms with van der Waals surface area (Å²) in [6, 6.07) is 0.338. The van der Waals surface area contributed by atoms with Gasteiger partial charge in [0, 0.05) is 18.5 Å². The molecule has 3 atom stereocenters. The Morgan fingerprint density at radius 3 is 2.75 bits per heavy atom. The number of nitrogens with zero attached hydrogens (tertiary/aromatic N) is 1. The van der Waals surface area contributed by atoms with Crippen LogP contribution in [0.1, 0.15) is 33.6 Å². The van der Waals surface area contributed by atoms with Gasteiger partial charge in [0.05, 0.1) is 0 Å². The van der Waals surface area contributed by atoms with Crippen molar-refractivity contribution >= 4 is 6.09 Å². The van der Waals surface area contributed by atoms with E-state index < -0.39 is 5.60 Å². The van der Waals surface area contributed by atoms with Crippen LogP contribution in [0, 0.1) is 24.2 Å². The molecule has 16 heavy (non-hydrogen) atoms. The lowest BCUT2D eigenvalue weighted by molar-refractivity contribution is 0.0178. The molecule has 0 aromatic carbocycles. The molecule has 2 rings (SSSR count). The Balaban J connectivity index is 1.94. The minimum Gasteiger partial charge on any atom is -0.444 e. The van der Waals surface area contributed by atoms with Crippen molar-refractivity contribution in [3.05, 3.63) is 0 Å². The van der Waals surface area contributed by atoms with Gasteiger partial charge in [0.2, 0.25) is 0 Å². The fraction of sp³-hybridized carbons (Fsp3) is 0.769. The van der Waals surface area contributed by atoms with Gasteiger partial charge in [-0.1, -0.05) is 0 Å². The van der Waals surface area contributed by atoms with Crippen LogP contribution in [0.5, 0.6) is 0 Å². The number of carbonyl (C=O) groups excluding carboxylic acids is 1. The highest BCUT2D eigenvalue weighted by molar-refractivity contribution is 5.69. The van der Waals surface area contributed by atoms with Crippen molar-refractivity contribution in [2.75, 3.05) is 6.54 Å². The van der Waals surface area contributed by atoms with Crippen molar-refractivity contribution in [3.63, 3.8) is 0 Å². The summed E-state index contributed by atoms with van der Waals surface area (Å²) < 4.78 is 5.38. The molecule has 1 aliphatic heterocycles. The van der Waals surface area contributed by atoms with E-state index in [2.05, 4.69) is 5.92 Å². The van der Waals surface area contributed by atoms with Crippen molar-refractivity contribution in [1.29, 1.82) is 0 Å². The SMILES string of the molecule is C#CC1CCN(C(=O)OC(C)(C)C)C2CC12. The average molecular weight is 221 g/mol. The van der Waals surface area contributed by atoms with E-state index in [0.29, 0.717) is 17.9 Å². The molecule has 0 aromatic heterocycles. The third-order valence-electron chi connectivity index (χ3n) is 3.24. The first-order valence-corrected chi connectivity index (χ1v) is 5.88. The van der Waals surface area contributed by atoms with Crippen LogP contribution in [0.2, 0.25) is 0 Å². The first-order chi connectivity index (χ1) is 7.42. The number of piperidine rings is 1. The molecule has 1 amide bonds. The van der Waals surface area contributed by atoms with Gasteiger partial charge in [-0.05, 0) is 39.5 Å². The largest absolute Gasteiger partial charge is 0.444 e. The van der Waals surface area contributed by atoms with E-state index in [4.69, 9.17) is 11.2 Å². The van der Waals surface area contributed by atoms with E-state index in [1.54, 1.807) is 0 Å². The standard InChI is InChI=1S/C13H19NO2/c1-5-9-6-7-14(11-8-10(9)11)12(15)16-13(2,3)4/h1,9-11H,6-8H2,2-4H3. The topological polar surface area (TPSA) is 29.5 Å². The van der Waals surface area contributed by atoms with Crippen molar-refractivity contribution in [1.82, 2.24) is 4.90 Å². The molecule has 3 nitrogen and oxygen atoms in total. The Labute approximate surface area is 97.1 Å². The zero-order chi connectivity index (χ0) is 11.9. The molecular weight excluding hydrogens is 202 g/mol. The van der Waals surface area contributed by atoms with Crippen LogP contribution in [0.3, 0.4) is 0 Å². The van der Waals surface area contributed by atoms with Gasteiger partial charge in [-0.2, -0.15) is 0 Å². The molecule has 0 spiro atoms. The third kappa shape index (κ3) is 2.16. The van der Waals surface area contributed by atoms with Crippen LogP contribution in [0.25, 0.3) is 0 Å². The molecule has 2 aliphatic rings. The number of ether oxygens (including phenoxy) is 1. The number of carbonyl (C=O) groups is 1. The third-order valence-corrected chi connectivity index (χ3v) is 3.24. The Bertz CT molecular complexity index is 337. The molecule has 3 heteroatoms. The molecule has 1 aliphatic carbocycles. The average Bonchev–Trinajstić information content (AvgIpc) is 2.92. The van der Waals surface area contributed by atoms with Gasteiger partial charge < -0.3 is 9.64 Å². The van der Waals surface area contributed by atoms with E-state index >= 15 is 0 Å². The second-order valence-corrected chi connectivity index (χ2v) is 5.70. The summed E-state index contributed by atoms with van der Waals surface area (Å²) >= 11 is 0. The minimum atomic E-state index is -0.412. The number of amides is 1. The van der Waals surface area contributed by atoms with Gasteiger partial charge in [0.15, 0.2) is 0 Å². The summed E-state index contributed by atoms with van der Waals surface area (Å²) in [5.74, 6) is 3.71. The highest BCUT2D eigenvalue weighted by atomic mass is 16.6. The van der Waals surface area contributed by atoms with Crippen LogP contribution in [0.15, 0.2) is 0 Å². The number of likely N-dealkylation sites (tertiary alicyclic amines) is 1. The molecule has 1 heterocycles. The number of terminal acetylenes is 1. The normalized spacial score (nSPS) is 32.6. The van der Waals surface area contributed by atoms with Crippen molar-refractivity contribution in [3.8, 4) is 12.3 Å². The van der Waals surface area contributed by atoms with Crippen LogP contribution < -0.4 is 0 Å². The van der Waals surface area contributed by atoms with E-state index in [-0.39, 0.29) is 6.09 Å². The van der Waals surface area contributed by atoms with E-state index in [1.807, 2.05) is 25.7 Å². The molecule has 2 fully saturated rings. The highest BCUT2D eigenvalue weighted by Crippen LogP contribution is 2.46. The highest BCUT2D eigenvalue weighted by Gasteiger charge is 2.51. The smallest absolute Gasteiger partial charge is 0.410 e. The van der Waals surface area contributed by atoms with Crippen LogP contribution >= 0.6 is 0 Å². The maximum Gasteiger partial charge on any atom is 0.410 e. The molecule has 0 N–H and O–H groups in total. The fourth-order valence-electron chi connectivity index (χ4n) is 2.40. The van der Waals surface area contributed by atoms with Gasteiger partial charge in [-0.3, -0.25) is 0 Å². The minimum absolute atomic E-state index is 0.185. The lowest BCUT2D eigenvalue weighted by atomic mass is 9.97. The quantitative estimate of drug-likeness (QED) is 0.587. The summed E-state index contributed by atoms with van der Waals surface area (Å²) in [6.07, 6.45) is 7.24. The second-order valence-electron chi connectivity index (χ2n) is 5.70. The van der Waals surface area contributed by atoms with Crippen LogP contribution in [-0.4, -0.2) is 29.2 Å². The number of hydrogen-bond acceptors (Lipinski definition) is 2. The number of rotatable bonds is 0. The van der Waals surface area contributed by atoms with Crippen LogP contribution in [0.4, 0.5) is 4.79 Å². The summed E-state index contributed by atoms with van der Waals surface area (Å²) in [5, 5.41) is 0. The molecule has 0 bridgehead atoms. The molecule has 3 unspecified atom stereocenters. The zero-order valence-corrected chi connectivity index (χ0v) is 10.2. The molecule has 1 saturated heterocycles. The van der Waals surface area contributed by atoms with Crippen LogP contribution in [-0.2, 0) is 4.74 Å². The predicted molar refractivity (Wildman–Crippen MR) is 61.8 cm³/mol. The van der Waals surface area contributed by atoms with E-state index in [9.17, 15) is 4.79 Å². The first-order valence-electron chi connectivity index (χ1n) is 5.88. The summed E-state index contributed by atoms with van der Waals surface area (Å²) in [4.78, 5) is 13.7. The summed E-state index contributed by atoms with van der Waals surface area (Å²) in [7, 11) is 0. The molecular formula is C13H19NO2. The number of hydrogen-bond donors (Lipinski definition) is 0. The maximum absolute atomic E-state index is 11.9. The monoisotopic (exact) mass is 221 g/mol. The summed E-state index contributed by atoms with van der Waals surface area (Å²) in [5.41, 5.74) is -0.412. The Morgan fingerprint density at radius 1 is 1.50 bits per heavy atom. The Kier molecular flexibility index (Phi) is 2.61.